The van der Waals surface area contributed by atoms with Crippen molar-refractivity contribution >= 4 is 11.9 Å². The monoisotopic (exact) mass is 239 g/mol. The smallest absolute Gasteiger partial charge is 0.307 e. The first-order valence-corrected chi connectivity index (χ1v) is 6.37. The van der Waals surface area contributed by atoms with E-state index in [0.29, 0.717) is 5.92 Å². The lowest BCUT2D eigenvalue weighted by Gasteiger charge is -2.30. The number of carbonyl (C=O) groups excluding carboxylic acids is 1. The first-order valence-electron chi connectivity index (χ1n) is 6.37. The van der Waals surface area contributed by atoms with E-state index in [9.17, 15) is 9.59 Å². The van der Waals surface area contributed by atoms with Gasteiger partial charge >= 0.3 is 5.97 Å². The normalized spacial score (nSPS) is 32.3. The molecule has 0 radical (unpaired) electrons. The minimum absolute atomic E-state index is 0.0503. The number of carboxylic acids is 1. The van der Waals surface area contributed by atoms with Crippen molar-refractivity contribution in [3.8, 4) is 0 Å². The average Bonchev–Trinajstić information content (AvgIpc) is 2.82. The lowest BCUT2D eigenvalue weighted by molar-refractivity contribution is -0.142. The van der Waals surface area contributed by atoms with Crippen molar-refractivity contribution in [3.05, 3.63) is 0 Å². The first-order chi connectivity index (χ1) is 7.85. The highest BCUT2D eigenvalue weighted by Crippen LogP contribution is 2.59. The van der Waals surface area contributed by atoms with Crippen LogP contribution in [0.15, 0.2) is 0 Å². The highest BCUT2D eigenvalue weighted by Gasteiger charge is 2.66. The summed E-state index contributed by atoms with van der Waals surface area (Å²) in [5, 5.41) is 9.08. The minimum atomic E-state index is -0.835. The Morgan fingerprint density at radius 1 is 1.18 bits per heavy atom. The summed E-state index contributed by atoms with van der Waals surface area (Å²) < 4.78 is 0. The number of amides is 1. The first kappa shape index (κ1) is 12.4. The Morgan fingerprint density at radius 3 is 2.12 bits per heavy atom. The molecule has 2 atom stereocenters. The molecule has 0 unspecified atom stereocenters. The number of nitrogens with zero attached hydrogens (tertiary/aromatic N) is 1. The summed E-state index contributed by atoms with van der Waals surface area (Å²) in [5.41, 5.74) is -0.369. The third kappa shape index (κ3) is 2.05. The molecule has 1 saturated carbocycles. The van der Waals surface area contributed by atoms with Gasteiger partial charge in [-0.2, -0.15) is 0 Å². The van der Waals surface area contributed by atoms with E-state index in [1.165, 1.54) is 0 Å². The SMILES string of the molecule is CC1CCN(C(=O)[C@@H]2[C@@H](C(=O)O)C2(C)C)CC1. The van der Waals surface area contributed by atoms with Gasteiger partial charge in [0.2, 0.25) is 5.91 Å². The van der Waals surface area contributed by atoms with E-state index in [1.54, 1.807) is 0 Å². The molecule has 0 bridgehead atoms. The molecule has 2 rings (SSSR count). The highest BCUT2D eigenvalue weighted by molar-refractivity contribution is 5.91. The second-order valence-electron chi connectivity index (χ2n) is 6.12. The van der Waals surface area contributed by atoms with Gasteiger partial charge in [-0.05, 0) is 24.2 Å². The molecule has 0 aromatic heterocycles. The number of piperidine rings is 1. The molecule has 96 valence electrons. The Morgan fingerprint density at radius 2 is 1.71 bits per heavy atom. The van der Waals surface area contributed by atoms with Gasteiger partial charge in [-0.15, -0.1) is 0 Å². The van der Waals surface area contributed by atoms with Gasteiger partial charge in [0, 0.05) is 13.1 Å². The Labute approximate surface area is 102 Å². The topological polar surface area (TPSA) is 57.6 Å². The molecule has 0 aromatic rings. The molecule has 17 heavy (non-hydrogen) atoms. The molecule has 0 aromatic carbocycles. The number of rotatable bonds is 2. The maximum atomic E-state index is 12.3. The van der Waals surface area contributed by atoms with Crippen LogP contribution in [0.1, 0.15) is 33.6 Å². The summed E-state index contributed by atoms with van der Waals surface area (Å²) in [4.78, 5) is 25.2. The summed E-state index contributed by atoms with van der Waals surface area (Å²) in [7, 11) is 0. The number of carboxylic acid groups (broad SMARTS) is 1. The van der Waals surface area contributed by atoms with Crippen molar-refractivity contribution in [2.75, 3.05) is 13.1 Å². The van der Waals surface area contributed by atoms with Gasteiger partial charge in [0.15, 0.2) is 0 Å². The summed E-state index contributed by atoms with van der Waals surface area (Å²) >= 11 is 0. The average molecular weight is 239 g/mol. The van der Waals surface area contributed by atoms with Gasteiger partial charge in [-0.3, -0.25) is 9.59 Å². The lowest BCUT2D eigenvalue weighted by atomic mass is 9.98. The van der Waals surface area contributed by atoms with E-state index < -0.39 is 11.9 Å². The van der Waals surface area contributed by atoms with Crippen LogP contribution in [0.2, 0.25) is 0 Å². The van der Waals surface area contributed by atoms with Gasteiger partial charge in [0.1, 0.15) is 0 Å². The molecule has 1 N–H and O–H groups in total. The van der Waals surface area contributed by atoms with E-state index in [0.717, 1.165) is 25.9 Å². The van der Waals surface area contributed by atoms with Crippen LogP contribution in [-0.2, 0) is 9.59 Å². The molecular formula is C13H21NO3. The van der Waals surface area contributed by atoms with Crippen LogP contribution in [0.4, 0.5) is 0 Å². The van der Waals surface area contributed by atoms with Gasteiger partial charge in [0.05, 0.1) is 11.8 Å². The van der Waals surface area contributed by atoms with Crippen molar-refractivity contribution in [3.63, 3.8) is 0 Å². The predicted octanol–water partition coefficient (Wildman–Crippen LogP) is 1.60. The van der Waals surface area contributed by atoms with Crippen molar-refractivity contribution in [1.82, 2.24) is 4.90 Å². The number of likely N-dealkylation sites (tertiary alicyclic amines) is 1. The van der Waals surface area contributed by atoms with Gasteiger partial charge < -0.3 is 10.0 Å². The number of hydrogen-bond donors (Lipinski definition) is 1. The highest BCUT2D eigenvalue weighted by atomic mass is 16.4. The van der Waals surface area contributed by atoms with Crippen LogP contribution in [0.5, 0.6) is 0 Å². The molecule has 1 amide bonds. The summed E-state index contributed by atoms with van der Waals surface area (Å²) in [6.45, 7) is 7.53. The van der Waals surface area contributed by atoms with Crippen LogP contribution < -0.4 is 0 Å². The van der Waals surface area contributed by atoms with Crippen molar-refractivity contribution in [2.24, 2.45) is 23.2 Å². The Hall–Kier alpha value is -1.06. The molecule has 4 nitrogen and oxygen atoms in total. The lowest BCUT2D eigenvalue weighted by Crippen LogP contribution is -2.39. The fourth-order valence-corrected chi connectivity index (χ4v) is 2.99. The molecule has 4 heteroatoms. The quantitative estimate of drug-likeness (QED) is 0.796. The van der Waals surface area contributed by atoms with Crippen molar-refractivity contribution in [2.45, 2.75) is 33.6 Å². The van der Waals surface area contributed by atoms with Gasteiger partial charge in [-0.1, -0.05) is 20.8 Å². The van der Waals surface area contributed by atoms with Crippen LogP contribution in [0.3, 0.4) is 0 Å². The van der Waals surface area contributed by atoms with Crippen molar-refractivity contribution < 1.29 is 14.7 Å². The fraction of sp³-hybridized carbons (Fsp3) is 0.846. The number of hydrogen-bond acceptors (Lipinski definition) is 2. The maximum absolute atomic E-state index is 12.3. The fourth-order valence-electron chi connectivity index (χ4n) is 2.99. The van der Waals surface area contributed by atoms with Crippen LogP contribution >= 0.6 is 0 Å². The van der Waals surface area contributed by atoms with Crippen LogP contribution in [0, 0.1) is 23.2 Å². The van der Waals surface area contributed by atoms with Crippen LogP contribution in [-0.4, -0.2) is 35.0 Å². The van der Waals surface area contributed by atoms with E-state index in [2.05, 4.69) is 6.92 Å². The molecule has 1 saturated heterocycles. The Kier molecular flexibility index (Phi) is 2.92. The van der Waals surface area contributed by atoms with E-state index in [1.807, 2.05) is 18.7 Å². The Bertz CT molecular complexity index is 343. The van der Waals surface area contributed by atoms with E-state index in [4.69, 9.17) is 5.11 Å². The zero-order chi connectivity index (χ0) is 12.8. The number of aliphatic carboxylic acids is 1. The summed E-state index contributed by atoms with van der Waals surface area (Å²) in [5.74, 6) is -0.905. The van der Waals surface area contributed by atoms with E-state index >= 15 is 0 Å². The number of carbonyl (C=O) groups is 2. The zero-order valence-electron chi connectivity index (χ0n) is 10.8. The zero-order valence-corrected chi connectivity index (χ0v) is 10.8. The standard InChI is InChI=1S/C13H21NO3/c1-8-4-6-14(7-5-8)11(15)9-10(12(16)17)13(9,2)3/h8-10H,4-7H2,1-3H3,(H,16,17)/t9-,10-/m0/s1. The van der Waals surface area contributed by atoms with Gasteiger partial charge in [-0.25, -0.2) is 0 Å². The van der Waals surface area contributed by atoms with Crippen LogP contribution in [0.25, 0.3) is 0 Å². The third-order valence-corrected chi connectivity index (χ3v) is 4.45. The molecular weight excluding hydrogens is 218 g/mol. The largest absolute Gasteiger partial charge is 0.481 e. The molecule has 0 spiro atoms. The second-order valence-corrected chi connectivity index (χ2v) is 6.12. The van der Waals surface area contributed by atoms with E-state index in [-0.39, 0.29) is 17.2 Å². The van der Waals surface area contributed by atoms with Crippen molar-refractivity contribution in [1.29, 1.82) is 0 Å². The molecule has 1 heterocycles. The molecule has 2 aliphatic rings. The second kappa shape index (κ2) is 4.00. The molecule has 1 aliphatic carbocycles. The minimum Gasteiger partial charge on any atom is -0.481 e. The third-order valence-electron chi connectivity index (χ3n) is 4.45. The Balaban J connectivity index is 2.00. The maximum Gasteiger partial charge on any atom is 0.307 e. The molecule has 1 aliphatic heterocycles. The molecule has 2 fully saturated rings. The predicted molar refractivity (Wildman–Crippen MR) is 63.4 cm³/mol. The summed E-state index contributed by atoms with van der Waals surface area (Å²) in [6, 6.07) is 0. The summed E-state index contributed by atoms with van der Waals surface area (Å²) in [6.07, 6.45) is 2.08. The van der Waals surface area contributed by atoms with Gasteiger partial charge in [0.25, 0.3) is 0 Å².